The number of carbonyl (C=O) groups is 2. The monoisotopic (exact) mass is 203 g/mol. The molecular weight excluding hydrogens is 190 g/mol. The highest BCUT2D eigenvalue weighted by atomic mass is 16.2. The van der Waals surface area contributed by atoms with Crippen molar-refractivity contribution < 1.29 is 9.59 Å². The molecule has 1 aromatic rings. The first-order valence-corrected chi connectivity index (χ1v) is 5.07. The van der Waals surface area contributed by atoms with Crippen molar-refractivity contribution in [2.45, 2.75) is 12.3 Å². The summed E-state index contributed by atoms with van der Waals surface area (Å²) in [7, 11) is 0. The summed E-state index contributed by atoms with van der Waals surface area (Å²) in [6.45, 7) is 0.893. The Kier molecular flexibility index (Phi) is 2.81. The van der Waals surface area contributed by atoms with Crippen molar-refractivity contribution in [3.8, 4) is 0 Å². The molecule has 3 nitrogen and oxygen atoms in total. The third-order valence-electron chi connectivity index (χ3n) is 2.78. The molecular formula is C12H13NO2. The number of carbonyl (C=O) groups excluding carboxylic acids is 2. The summed E-state index contributed by atoms with van der Waals surface area (Å²) in [5.41, 5.74) is 1.18. The highest BCUT2D eigenvalue weighted by molar-refractivity contribution is 5.81. The smallest absolute Gasteiger partial charge is 0.223 e. The van der Waals surface area contributed by atoms with Gasteiger partial charge in [0.2, 0.25) is 5.91 Å². The Balaban J connectivity index is 2.09. The maximum absolute atomic E-state index is 11.5. The lowest BCUT2D eigenvalue weighted by atomic mass is 9.99. The number of hydrogen-bond donors (Lipinski definition) is 0. The first-order chi connectivity index (χ1) is 7.31. The van der Waals surface area contributed by atoms with Crippen LogP contribution >= 0.6 is 0 Å². The third-order valence-corrected chi connectivity index (χ3v) is 2.78. The van der Waals surface area contributed by atoms with Crippen LogP contribution in [0.4, 0.5) is 0 Å². The van der Waals surface area contributed by atoms with E-state index in [1.807, 2.05) is 30.3 Å². The van der Waals surface area contributed by atoms with E-state index >= 15 is 0 Å². The van der Waals surface area contributed by atoms with E-state index in [9.17, 15) is 9.59 Å². The van der Waals surface area contributed by atoms with Gasteiger partial charge in [0, 0.05) is 18.9 Å². The maximum Gasteiger partial charge on any atom is 0.223 e. The quantitative estimate of drug-likeness (QED) is 0.692. The lowest BCUT2D eigenvalue weighted by Crippen LogP contribution is -2.26. The minimum absolute atomic E-state index is 0.0796. The predicted octanol–water partition coefficient (Wildman–Crippen LogP) is 1.20. The third kappa shape index (κ3) is 2.06. The molecule has 0 aliphatic carbocycles. The normalized spacial score (nSPS) is 20.7. The number of aldehydes is 1. The minimum atomic E-state index is 0.0796. The van der Waals surface area contributed by atoms with Gasteiger partial charge in [0.15, 0.2) is 0 Å². The van der Waals surface area contributed by atoms with Gasteiger partial charge in [-0.3, -0.25) is 4.79 Å². The Morgan fingerprint density at radius 3 is 2.73 bits per heavy atom. The summed E-state index contributed by atoms with van der Waals surface area (Å²) < 4.78 is 0. The first kappa shape index (κ1) is 9.90. The molecule has 0 unspecified atom stereocenters. The van der Waals surface area contributed by atoms with E-state index in [4.69, 9.17) is 0 Å². The van der Waals surface area contributed by atoms with Crippen LogP contribution < -0.4 is 0 Å². The molecule has 1 atom stereocenters. The molecule has 0 radical (unpaired) electrons. The lowest BCUT2D eigenvalue weighted by Gasteiger charge is -2.12. The number of likely N-dealkylation sites (tertiary alicyclic amines) is 1. The van der Waals surface area contributed by atoms with Crippen LogP contribution in [0.2, 0.25) is 0 Å². The topological polar surface area (TPSA) is 37.4 Å². The van der Waals surface area contributed by atoms with Crippen LogP contribution in [0.15, 0.2) is 30.3 Å². The van der Waals surface area contributed by atoms with E-state index < -0.39 is 0 Å². The molecule has 1 saturated heterocycles. The predicted molar refractivity (Wildman–Crippen MR) is 56.4 cm³/mol. The molecule has 0 spiro atoms. The van der Waals surface area contributed by atoms with Crippen molar-refractivity contribution in [3.63, 3.8) is 0 Å². The zero-order chi connectivity index (χ0) is 10.7. The molecule has 3 heteroatoms. The molecule has 0 bridgehead atoms. The number of hydrogen-bond acceptors (Lipinski definition) is 2. The van der Waals surface area contributed by atoms with Crippen molar-refractivity contribution in [3.05, 3.63) is 35.9 Å². The maximum atomic E-state index is 11.5. The molecule has 1 aliphatic rings. The molecule has 1 aromatic carbocycles. The molecule has 78 valence electrons. The van der Waals surface area contributed by atoms with Crippen LogP contribution in [0.1, 0.15) is 17.9 Å². The Morgan fingerprint density at radius 1 is 1.33 bits per heavy atom. The van der Waals surface area contributed by atoms with Crippen LogP contribution in [0.25, 0.3) is 0 Å². The van der Waals surface area contributed by atoms with Crippen molar-refractivity contribution in [2.24, 2.45) is 0 Å². The van der Waals surface area contributed by atoms with Gasteiger partial charge < -0.3 is 9.69 Å². The fourth-order valence-electron chi connectivity index (χ4n) is 1.99. The standard InChI is InChI=1S/C12H13NO2/c14-7-6-13-9-11(8-12(13)15)10-4-2-1-3-5-10/h1-5,7,11H,6,8-9H2/t11-/m0/s1. The van der Waals surface area contributed by atoms with Crippen LogP contribution in [-0.4, -0.2) is 30.2 Å². The average Bonchev–Trinajstić information content (AvgIpc) is 2.63. The number of benzene rings is 1. The number of nitrogens with zero attached hydrogens (tertiary/aromatic N) is 1. The Morgan fingerprint density at radius 2 is 2.07 bits per heavy atom. The minimum Gasteiger partial charge on any atom is -0.335 e. The Hall–Kier alpha value is -1.64. The van der Waals surface area contributed by atoms with Gasteiger partial charge in [0.05, 0.1) is 6.54 Å². The van der Waals surface area contributed by atoms with Crippen molar-refractivity contribution >= 4 is 12.2 Å². The molecule has 0 aromatic heterocycles. The average molecular weight is 203 g/mol. The van der Waals surface area contributed by atoms with Gasteiger partial charge in [-0.05, 0) is 5.56 Å². The number of amides is 1. The molecule has 0 N–H and O–H groups in total. The molecule has 1 heterocycles. The zero-order valence-corrected chi connectivity index (χ0v) is 8.43. The zero-order valence-electron chi connectivity index (χ0n) is 8.43. The van der Waals surface area contributed by atoms with Crippen LogP contribution in [0, 0.1) is 0 Å². The molecule has 15 heavy (non-hydrogen) atoms. The largest absolute Gasteiger partial charge is 0.335 e. The van der Waals surface area contributed by atoms with E-state index in [-0.39, 0.29) is 18.4 Å². The fourth-order valence-corrected chi connectivity index (χ4v) is 1.99. The molecule has 2 rings (SSSR count). The van der Waals surface area contributed by atoms with E-state index in [0.717, 1.165) is 6.29 Å². The van der Waals surface area contributed by atoms with Gasteiger partial charge in [0.25, 0.3) is 0 Å². The van der Waals surface area contributed by atoms with Crippen LogP contribution in [0.5, 0.6) is 0 Å². The Bertz CT molecular complexity index is 361. The van der Waals surface area contributed by atoms with E-state index in [1.165, 1.54) is 5.56 Å². The highest BCUT2D eigenvalue weighted by Crippen LogP contribution is 2.27. The van der Waals surface area contributed by atoms with Crippen LogP contribution in [0.3, 0.4) is 0 Å². The van der Waals surface area contributed by atoms with Crippen LogP contribution in [-0.2, 0) is 9.59 Å². The summed E-state index contributed by atoms with van der Waals surface area (Å²) in [5.74, 6) is 0.328. The second-order valence-electron chi connectivity index (χ2n) is 3.78. The second kappa shape index (κ2) is 4.26. The molecule has 1 amide bonds. The summed E-state index contributed by atoms with van der Waals surface area (Å²) in [6, 6.07) is 9.97. The van der Waals surface area contributed by atoms with E-state index in [0.29, 0.717) is 13.0 Å². The lowest BCUT2D eigenvalue weighted by molar-refractivity contribution is -0.129. The highest BCUT2D eigenvalue weighted by Gasteiger charge is 2.29. The van der Waals surface area contributed by atoms with Gasteiger partial charge >= 0.3 is 0 Å². The molecule has 1 aliphatic heterocycles. The van der Waals surface area contributed by atoms with E-state index in [1.54, 1.807) is 4.90 Å². The van der Waals surface area contributed by atoms with Crippen molar-refractivity contribution in [2.75, 3.05) is 13.1 Å². The molecule has 1 fully saturated rings. The van der Waals surface area contributed by atoms with Gasteiger partial charge in [-0.25, -0.2) is 0 Å². The number of rotatable bonds is 3. The van der Waals surface area contributed by atoms with Gasteiger partial charge in [-0.1, -0.05) is 30.3 Å². The van der Waals surface area contributed by atoms with Crippen molar-refractivity contribution in [1.82, 2.24) is 4.90 Å². The summed E-state index contributed by atoms with van der Waals surface area (Å²) >= 11 is 0. The SMILES string of the molecule is O=CCN1C[C@@H](c2ccccc2)CC1=O. The summed E-state index contributed by atoms with van der Waals surface area (Å²) in [6.07, 6.45) is 1.31. The van der Waals surface area contributed by atoms with Gasteiger partial charge in [0.1, 0.15) is 6.29 Å². The van der Waals surface area contributed by atoms with Gasteiger partial charge in [-0.2, -0.15) is 0 Å². The van der Waals surface area contributed by atoms with Crippen molar-refractivity contribution in [1.29, 1.82) is 0 Å². The summed E-state index contributed by atoms with van der Waals surface area (Å²) in [4.78, 5) is 23.5. The second-order valence-corrected chi connectivity index (χ2v) is 3.78. The Labute approximate surface area is 88.7 Å². The fraction of sp³-hybridized carbons (Fsp3) is 0.333. The van der Waals surface area contributed by atoms with Gasteiger partial charge in [-0.15, -0.1) is 0 Å². The molecule has 0 saturated carbocycles. The first-order valence-electron chi connectivity index (χ1n) is 5.07. The van der Waals surface area contributed by atoms with E-state index in [2.05, 4.69) is 0 Å². The summed E-state index contributed by atoms with van der Waals surface area (Å²) in [5, 5.41) is 0.